The van der Waals surface area contributed by atoms with E-state index in [-0.39, 0.29) is 17.9 Å². The third-order valence-corrected chi connectivity index (χ3v) is 2.91. The molecule has 16 heavy (non-hydrogen) atoms. The van der Waals surface area contributed by atoms with Crippen LogP contribution in [0.1, 0.15) is 31.6 Å². The van der Waals surface area contributed by atoms with Gasteiger partial charge in [0.05, 0.1) is 6.04 Å². The zero-order valence-corrected chi connectivity index (χ0v) is 9.36. The summed E-state index contributed by atoms with van der Waals surface area (Å²) in [6.45, 7) is 3.75. The average Bonchev–Trinajstić information content (AvgIpc) is 2.83. The van der Waals surface area contributed by atoms with Gasteiger partial charge in [0.1, 0.15) is 12.2 Å². The van der Waals surface area contributed by atoms with E-state index < -0.39 is 0 Å². The molecular weight excluding hydrogens is 206 g/mol. The normalized spacial score (nSPS) is 19.3. The largest absolute Gasteiger partial charge is 0.346 e. The lowest BCUT2D eigenvalue weighted by Crippen LogP contribution is -2.39. The number of carbonyl (C=O) groups excluding carboxylic acids is 1. The summed E-state index contributed by atoms with van der Waals surface area (Å²) in [5, 5.41) is 12.7. The predicted octanol–water partition coefficient (Wildman–Crippen LogP) is -0.0185. The molecule has 3 N–H and O–H groups in total. The van der Waals surface area contributed by atoms with Crippen LogP contribution in [0.4, 0.5) is 0 Å². The van der Waals surface area contributed by atoms with Gasteiger partial charge in [-0.25, -0.2) is 4.98 Å². The van der Waals surface area contributed by atoms with Crippen molar-refractivity contribution >= 4 is 5.91 Å². The van der Waals surface area contributed by atoms with Crippen molar-refractivity contribution in [1.29, 1.82) is 0 Å². The maximum atomic E-state index is 11.9. The molecule has 1 aromatic heterocycles. The van der Waals surface area contributed by atoms with Crippen LogP contribution in [0.15, 0.2) is 6.33 Å². The highest BCUT2D eigenvalue weighted by Crippen LogP contribution is 2.13. The monoisotopic (exact) mass is 223 g/mol. The topological polar surface area (TPSA) is 82.7 Å². The lowest BCUT2D eigenvalue weighted by molar-refractivity contribution is -0.126. The molecule has 0 aromatic carbocycles. The van der Waals surface area contributed by atoms with Gasteiger partial charge in [-0.05, 0) is 32.9 Å². The number of nitrogens with zero attached hydrogens (tertiary/aromatic N) is 2. The number of hydrogen-bond donors (Lipinski definition) is 3. The number of piperidine rings is 1. The quantitative estimate of drug-likeness (QED) is 0.672. The Balaban J connectivity index is 1.86. The van der Waals surface area contributed by atoms with Crippen molar-refractivity contribution < 1.29 is 4.79 Å². The lowest BCUT2D eigenvalue weighted by Gasteiger charge is -2.23. The smallest absolute Gasteiger partial charge is 0.223 e. The van der Waals surface area contributed by atoms with E-state index in [0.29, 0.717) is 5.82 Å². The second-order valence-electron chi connectivity index (χ2n) is 4.13. The lowest BCUT2D eigenvalue weighted by atomic mass is 9.97. The molecule has 1 saturated heterocycles. The van der Waals surface area contributed by atoms with Crippen LogP contribution >= 0.6 is 0 Å². The van der Waals surface area contributed by atoms with Crippen molar-refractivity contribution in [3.05, 3.63) is 12.2 Å². The van der Waals surface area contributed by atoms with Crippen LogP contribution in [-0.4, -0.2) is 34.2 Å². The molecule has 0 bridgehead atoms. The fourth-order valence-corrected chi connectivity index (χ4v) is 1.91. The summed E-state index contributed by atoms with van der Waals surface area (Å²) in [5.41, 5.74) is 0. The van der Waals surface area contributed by atoms with E-state index in [4.69, 9.17) is 0 Å². The van der Waals surface area contributed by atoms with Gasteiger partial charge in [0.15, 0.2) is 0 Å². The summed E-state index contributed by atoms with van der Waals surface area (Å²) in [7, 11) is 0. The molecule has 1 aliphatic heterocycles. The van der Waals surface area contributed by atoms with E-state index in [0.717, 1.165) is 25.9 Å². The Labute approximate surface area is 94.2 Å². The van der Waals surface area contributed by atoms with Gasteiger partial charge >= 0.3 is 0 Å². The summed E-state index contributed by atoms with van der Waals surface area (Å²) in [5.74, 6) is 0.944. The van der Waals surface area contributed by atoms with Crippen molar-refractivity contribution in [3.8, 4) is 0 Å². The van der Waals surface area contributed by atoms with Crippen LogP contribution in [-0.2, 0) is 4.79 Å². The summed E-state index contributed by atoms with van der Waals surface area (Å²) in [6, 6.07) is -0.107. The Hall–Kier alpha value is -1.43. The van der Waals surface area contributed by atoms with E-state index in [9.17, 15) is 4.79 Å². The van der Waals surface area contributed by atoms with Crippen LogP contribution in [0.25, 0.3) is 0 Å². The van der Waals surface area contributed by atoms with Gasteiger partial charge in [0.2, 0.25) is 5.91 Å². The second kappa shape index (κ2) is 5.07. The molecule has 1 fully saturated rings. The number of carbonyl (C=O) groups is 1. The Morgan fingerprint density at radius 3 is 2.94 bits per heavy atom. The first kappa shape index (κ1) is 11.1. The molecule has 0 radical (unpaired) electrons. The molecule has 2 heterocycles. The van der Waals surface area contributed by atoms with Gasteiger partial charge in [-0.15, -0.1) is 0 Å². The minimum Gasteiger partial charge on any atom is -0.346 e. The first-order valence-electron chi connectivity index (χ1n) is 5.63. The molecule has 1 atom stereocenters. The van der Waals surface area contributed by atoms with Gasteiger partial charge < -0.3 is 10.6 Å². The number of aromatic amines is 1. The molecule has 0 aliphatic carbocycles. The standard InChI is InChI=1S/C10H17N5O/c1-7(9-12-6-13-15-9)14-10(16)8-2-4-11-5-3-8/h6-8,11H,2-5H2,1H3,(H,14,16)(H,12,13,15). The van der Waals surface area contributed by atoms with E-state index >= 15 is 0 Å². The number of H-pyrrole nitrogens is 1. The van der Waals surface area contributed by atoms with Gasteiger partial charge in [0.25, 0.3) is 0 Å². The molecule has 2 rings (SSSR count). The summed E-state index contributed by atoms with van der Waals surface area (Å²) >= 11 is 0. The Morgan fingerprint density at radius 1 is 1.56 bits per heavy atom. The van der Waals surface area contributed by atoms with Crippen molar-refractivity contribution in [1.82, 2.24) is 25.8 Å². The van der Waals surface area contributed by atoms with Crippen LogP contribution < -0.4 is 10.6 Å². The molecule has 1 aromatic rings. The molecule has 1 aliphatic rings. The van der Waals surface area contributed by atoms with Crippen LogP contribution in [0.5, 0.6) is 0 Å². The molecule has 6 heteroatoms. The predicted molar refractivity (Wildman–Crippen MR) is 58.5 cm³/mol. The molecule has 0 saturated carbocycles. The van der Waals surface area contributed by atoms with Gasteiger partial charge in [-0.3, -0.25) is 9.89 Å². The van der Waals surface area contributed by atoms with Gasteiger partial charge in [-0.2, -0.15) is 5.10 Å². The SMILES string of the molecule is CC(NC(=O)C1CCNCC1)c1ncn[nH]1. The highest BCUT2D eigenvalue weighted by Gasteiger charge is 2.22. The second-order valence-corrected chi connectivity index (χ2v) is 4.13. The van der Waals surface area contributed by atoms with Crippen LogP contribution in [0.3, 0.4) is 0 Å². The maximum Gasteiger partial charge on any atom is 0.223 e. The molecule has 1 unspecified atom stereocenters. The van der Waals surface area contributed by atoms with Crippen LogP contribution in [0, 0.1) is 5.92 Å². The Kier molecular flexibility index (Phi) is 3.51. The Bertz CT molecular complexity index is 331. The fraction of sp³-hybridized carbons (Fsp3) is 0.700. The third-order valence-electron chi connectivity index (χ3n) is 2.91. The highest BCUT2D eigenvalue weighted by molar-refractivity contribution is 5.79. The zero-order valence-electron chi connectivity index (χ0n) is 9.36. The van der Waals surface area contributed by atoms with Gasteiger partial charge in [-0.1, -0.05) is 0 Å². The van der Waals surface area contributed by atoms with Crippen LogP contribution in [0.2, 0.25) is 0 Å². The zero-order chi connectivity index (χ0) is 11.4. The Morgan fingerprint density at radius 2 is 2.31 bits per heavy atom. The van der Waals surface area contributed by atoms with E-state index in [1.165, 1.54) is 6.33 Å². The first-order chi connectivity index (χ1) is 7.77. The molecule has 0 spiro atoms. The number of hydrogen-bond acceptors (Lipinski definition) is 4. The molecule has 6 nitrogen and oxygen atoms in total. The number of aromatic nitrogens is 3. The molecule has 1 amide bonds. The average molecular weight is 223 g/mol. The van der Waals surface area contributed by atoms with E-state index in [1.54, 1.807) is 0 Å². The number of rotatable bonds is 3. The number of amides is 1. The fourth-order valence-electron chi connectivity index (χ4n) is 1.91. The summed E-state index contributed by atoms with van der Waals surface area (Å²) in [6.07, 6.45) is 3.27. The van der Waals surface area contributed by atoms with Crippen molar-refractivity contribution in [2.75, 3.05) is 13.1 Å². The van der Waals surface area contributed by atoms with Crippen molar-refractivity contribution in [3.63, 3.8) is 0 Å². The maximum absolute atomic E-state index is 11.9. The van der Waals surface area contributed by atoms with Crippen molar-refractivity contribution in [2.45, 2.75) is 25.8 Å². The highest BCUT2D eigenvalue weighted by atomic mass is 16.1. The minimum absolute atomic E-state index is 0.107. The minimum atomic E-state index is -0.107. The third kappa shape index (κ3) is 2.57. The summed E-state index contributed by atoms with van der Waals surface area (Å²) < 4.78 is 0. The first-order valence-corrected chi connectivity index (χ1v) is 5.63. The van der Waals surface area contributed by atoms with E-state index in [2.05, 4.69) is 25.8 Å². The summed E-state index contributed by atoms with van der Waals surface area (Å²) in [4.78, 5) is 15.9. The van der Waals surface area contributed by atoms with E-state index in [1.807, 2.05) is 6.92 Å². The molecule has 88 valence electrons. The van der Waals surface area contributed by atoms with Crippen molar-refractivity contribution in [2.24, 2.45) is 5.92 Å². The number of nitrogens with one attached hydrogen (secondary N) is 3. The molecular formula is C10H17N5O. The van der Waals surface area contributed by atoms with Gasteiger partial charge in [0, 0.05) is 5.92 Å².